The predicted octanol–water partition coefficient (Wildman–Crippen LogP) is 3.07. The standard InChI is InChI=1S/C15H17NO2/c1-16-10-7-11-5-4-6-12(13(11)16)15(14(17)18)8-2-3-9-15/h4-7,10H,2-3,8-9H2,1H3,(H,17,18). The molecule has 3 rings (SSSR count). The van der Waals surface area contributed by atoms with Crippen LogP contribution in [0.25, 0.3) is 10.9 Å². The zero-order valence-corrected chi connectivity index (χ0v) is 10.5. The Labute approximate surface area is 106 Å². The monoisotopic (exact) mass is 243 g/mol. The fourth-order valence-electron chi connectivity index (χ4n) is 3.32. The number of carboxylic acid groups (broad SMARTS) is 1. The number of carbonyl (C=O) groups is 1. The molecule has 94 valence electrons. The van der Waals surface area contributed by atoms with E-state index in [0.29, 0.717) is 0 Å². The highest BCUT2D eigenvalue weighted by Crippen LogP contribution is 2.44. The number of hydrogen-bond acceptors (Lipinski definition) is 1. The van der Waals surface area contributed by atoms with Crippen molar-refractivity contribution in [2.45, 2.75) is 31.1 Å². The second-order valence-corrected chi connectivity index (χ2v) is 5.26. The number of para-hydroxylation sites is 1. The van der Waals surface area contributed by atoms with E-state index in [-0.39, 0.29) is 0 Å². The summed E-state index contributed by atoms with van der Waals surface area (Å²) in [4.78, 5) is 11.8. The van der Waals surface area contributed by atoms with E-state index in [1.807, 2.05) is 42.1 Å². The van der Waals surface area contributed by atoms with Crippen molar-refractivity contribution in [2.75, 3.05) is 0 Å². The molecule has 1 aromatic carbocycles. The minimum absolute atomic E-state index is 0.672. The molecule has 1 saturated carbocycles. The lowest BCUT2D eigenvalue weighted by molar-refractivity contribution is -0.143. The van der Waals surface area contributed by atoms with Gasteiger partial charge in [-0.3, -0.25) is 4.79 Å². The van der Waals surface area contributed by atoms with E-state index in [9.17, 15) is 9.90 Å². The first-order chi connectivity index (χ1) is 8.65. The number of hydrogen-bond donors (Lipinski definition) is 1. The first kappa shape index (κ1) is 11.3. The number of aliphatic carboxylic acids is 1. The topological polar surface area (TPSA) is 42.2 Å². The molecule has 0 atom stereocenters. The highest BCUT2D eigenvalue weighted by atomic mass is 16.4. The second-order valence-electron chi connectivity index (χ2n) is 5.26. The van der Waals surface area contributed by atoms with Crippen LogP contribution in [0.4, 0.5) is 0 Å². The van der Waals surface area contributed by atoms with Crippen LogP contribution in [0.5, 0.6) is 0 Å². The molecule has 0 radical (unpaired) electrons. The van der Waals surface area contributed by atoms with Gasteiger partial charge >= 0.3 is 5.97 Å². The van der Waals surface area contributed by atoms with Gasteiger partial charge in [0.1, 0.15) is 0 Å². The maximum Gasteiger partial charge on any atom is 0.314 e. The third-order valence-corrected chi connectivity index (χ3v) is 4.28. The van der Waals surface area contributed by atoms with Crippen molar-refractivity contribution >= 4 is 16.9 Å². The van der Waals surface area contributed by atoms with Crippen LogP contribution in [0.2, 0.25) is 0 Å². The van der Waals surface area contributed by atoms with E-state index in [0.717, 1.165) is 42.1 Å². The number of nitrogens with zero attached hydrogens (tertiary/aromatic N) is 1. The predicted molar refractivity (Wildman–Crippen MR) is 70.7 cm³/mol. The summed E-state index contributed by atoms with van der Waals surface area (Å²) in [6.07, 6.45) is 5.53. The third kappa shape index (κ3) is 1.40. The number of benzene rings is 1. The van der Waals surface area contributed by atoms with Crippen LogP contribution >= 0.6 is 0 Å². The Morgan fingerprint density at radius 3 is 2.67 bits per heavy atom. The van der Waals surface area contributed by atoms with Crippen molar-refractivity contribution in [1.29, 1.82) is 0 Å². The smallest absolute Gasteiger partial charge is 0.314 e. The van der Waals surface area contributed by atoms with Gasteiger partial charge in [0.05, 0.1) is 10.9 Å². The van der Waals surface area contributed by atoms with Gasteiger partial charge in [0, 0.05) is 13.2 Å². The summed E-state index contributed by atoms with van der Waals surface area (Å²) >= 11 is 0. The van der Waals surface area contributed by atoms with Gasteiger partial charge in [0.25, 0.3) is 0 Å². The molecule has 0 aliphatic heterocycles. The molecular formula is C15H17NO2. The van der Waals surface area contributed by atoms with Crippen molar-refractivity contribution in [1.82, 2.24) is 4.57 Å². The van der Waals surface area contributed by atoms with Crippen LogP contribution in [0.3, 0.4) is 0 Å². The number of fused-ring (bicyclic) bond motifs is 1. The molecule has 1 aliphatic carbocycles. The van der Waals surface area contributed by atoms with Crippen LogP contribution in [0.15, 0.2) is 30.5 Å². The van der Waals surface area contributed by atoms with Crippen molar-refractivity contribution in [3.8, 4) is 0 Å². The number of carboxylic acids is 1. The Bertz CT molecular complexity index is 606. The molecule has 3 nitrogen and oxygen atoms in total. The minimum atomic E-state index is -0.675. The molecule has 0 amide bonds. The number of aromatic nitrogens is 1. The van der Waals surface area contributed by atoms with Crippen molar-refractivity contribution in [3.05, 3.63) is 36.0 Å². The first-order valence-electron chi connectivity index (χ1n) is 6.43. The Hall–Kier alpha value is -1.77. The summed E-state index contributed by atoms with van der Waals surface area (Å²) in [5, 5.41) is 10.8. The molecule has 0 unspecified atom stereocenters. The zero-order valence-electron chi connectivity index (χ0n) is 10.5. The highest BCUT2D eigenvalue weighted by Gasteiger charge is 2.44. The van der Waals surface area contributed by atoms with E-state index in [4.69, 9.17) is 0 Å². The molecule has 0 bridgehead atoms. The molecule has 1 N–H and O–H groups in total. The maximum absolute atomic E-state index is 11.8. The Morgan fingerprint density at radius 1 is 1.28 bits per heavy atom. The molecule has 1 aliphatic rings. The van der Waals surface area contributed by atoms with Gasteiger partial charge in [-0.1, -0.05) is 31.0 Å². The molecule has 3 heteroatoms. The lowest BCUT2D eigenvalue weighted by Crippen LogP contribution is -2.33. The normalized spacial score (nSPS) is 18.3. The van der Waals surface area contributed by atoms with E-state index >= 15 is 0 Å². The van der Waals surface area contributed by atoms with Gasteiger partial charge < -0.3 is 9.67 Å². The van der Waals surface area contributed by atoms with Crippen LogP contribution in [0.1, 0.15) is 31.2 Å². The van der Waals surface area contributed by atoms with Gasteiger partial charge in [-0.05, 0) is 29.9 Å². The summed E-state index contributed by atoms with van der Waals surface area (Å²) in [7, 11) is 1.98. The average molecular weight is 243 g/mol. The van der Waals surface area contributed by atoms with Crippen LogP contribution < -0.4 is 0 Å². The average Bonchev–Trinajstić information content (AvgIpc) is 2.97. The minimum Gasteiger partial charge on any atom is -0.481 e. The molecule has 2 aromatic rings. The SMILES string of the molecule is Cn1ccc2cccc(C3(C(=O)O)CCCC3)c21. The lowest BCUT2D eigenvalue weighted by atomic mass is 9.78. The summed E-state index contributed by atoms with van der Waals surface area (Å²) in [5.74, 6) is -0.672. The third-order valence-electron chi connectivity index (χ3n) is 4.28. The molecule has 1 aromatic heterocycles. The van der Waals surface area contributed by atoms with Crippen molar-refractivity contribution in [3.63, 3.8) is 0 Å². The zero-order chi connectivity index (χ0) is 12.8. The molecule has 0 spiro atoms. The summed E-state index contributed by atoms with van der Waals surface area (Å²) in [5.41, 5.74) is 1.38. The van der Waals surface area contributed by atoms with Crippen molar-refractivity contribution in [2.24, 2.45) is 7.05 Å². The summed E-state index contributed by atoms with van der Waals surface area (Å²) < 4.78 is 2.04. The number of rotatable bonds is 2. The quantitative estimate of drug-likeness (QED) is 0.880. The molecule has 0 saturated heterocycles. The summed E-state index contributed by atoms with van der Waals surface area (Å²) in [6, 6.07) is 8.05. The van der Waals surface area contributed by atoms with E-state index in [1.165, 1.54) is 0 Å². The lowest BCUT2D eigenvalue weighted by Gasteiger charge is -2.25. The second kappa shape index (κ2) is 3.87. The first-order valence-corrected chi connectivity index (χ1v) is 6.43. The van der Waals surface area contributed by atoms with Gasteiger partial charge in [-0.15, -0.1) is 0 Å². The van der Waals surface area contributed by atoms with Crippen LogP contribution in [0, 0.1) is 0 Å². The Kier molecular flexibility index (Phi) is 2.44. The molecule has 18 heavy (non-hydrogen) atoms. The van der Waals surface area contributed by atoms with Crippen LogP contribution in [-0.4, -0.2) is 15.6 Å². The van der Waals surface area contributed by atoms with Gasteiger partial charge in [0.2, 0.25) is 0 Å². The Morgan fingerprint density at radius 2 is 2.00 bits per heavy atom. The van der Waals surface area contributed by atoms with E-state index in [1.54, 1.807) is 0 Å². The fourth-order valence-corrected chi connectivity index (χ4v) is 3.32. The maximum atomic E-state index is 11.8. The van der Waals surface area contributed by atoms with Gasteiger partial charge in [-0.2, -0.15) is 0 Å². The van der Waals surface area contributed by atoms with E-state index < -0.39 is 11.4 Å². The van der Waals surface area contributed by atoms with Gasteiger partial charge in [0.15, 0.2) is 0 Å². The molecule has 1 fully saturated rings. The summed E-state index contributed by atoms with van der Waals surface area (Å²) in [6.45, 7) is 0. The number of aryl methyl sites for hydroxylation is 1. The highest BCUT2D eigenvalue weighted by molar-refractivity contribution is 5.92. The largest absolute Gasteiger partial charge is 0.481 e. The van der Waals surface area contributed by atoms with Crippen molar-refractivity contribution < 1.29 is 9.90 Å². The van der Waals surface area contributed by atoms with E-state index in [2.05, 4.69) is 0 Å². The molecular weight excluding hydrogens is 226 g/mol. The van der Waals surface area contributed by atoms with Crippen LogP contribution in [-0.2, 0) is 17.3 Å². The Balaban J connectivity index is 2.30. The molecule has 1 heterocycles. The fraction of sp³-hybridized carbons (Fsp3) is 0.400. The van der Waals surface area contributed by atoms with Gasteiger partial charge in [-0.25, -0.2) is 0 Å².